The highest BCUT2D eigenvalue weighted by molar-refractivity contribution is 8.02. The molecule has 9 heteroatoms. The van der Waals surface area contributed by atoms with Gasteiger partial charge in [0.15, 0.2) is 4.34 Å². The number of morpholine rings is 1. The monoisotopic (exact) mass is 420 g/mol. The van der Waals surface area contributed by atoms with E-state index in [0.29, 0.717) is 0 Å². The van der Waals surface area contributed by atoms with Crippen LogP contribution < -0.4 is 16.0 Å². The van der Waals surface area contributed by atoms with Crippen LogP contribution in [-0.2, 0) is 20.7 Å². The number of ether oxygens (including phenoxy) is 1. The van der Waals surface area contributed by atoms with Crippen molar-refractivity contribution in [3.8, 4) is 0 Å². The number of thiazole rings is 1. The Labute approximate surface area is 172 Å². The minimum atomic E-state index is -0.380. The summed E-state index contributed by atoms with van der Waals surface area (Å²) in [5.74, 6) is -0.469. The average Bonchev–Trinajstić information content (AvgIpc) is 3.01. The molecule has 7 nitrogen and oxygen atoms in total. The number of anilines is 2. The highest BCUT2D eigenvalue weighted by atomic mass is 32.2. The lowest BCUT2D eigenvalue weighted by atomic mass is 10.2. The van der Waals surface area contributed by atoms with Gasteiger partial charge in [0.2, 0.25) is 11.8 Å². The van der Waals surface area contributed by atoms with Crippen LogP contribution in [0.3, 0.4) is 0 Å². The molecule has 1 aliphatic heterocycles. The number of rotatable bonds is 7. The number of carbonyl (C=O) groups excluding carboxylic acids is 2. The summed E-state index contributed by atoms with van der Waals surface area (Å²) >= 11 is 2.79. The van der Waals surface area contributed by atoms with Gasteiger partial charge in [-0.25, -0.2) is 4.98 Å². The first-order valence-corrected chi connectivity index (χ1v) is 10.8. The summed E-state index contributed by atoms with van der Waals surface area (Å²) < 4.78 is 6.14. The van der Waals surface area contributed by atoms with Crippen LogP contribution in [0.25, 0.3) is 0 Å². The van der Waals surface area contributed by atoms with E-state index in [9.17, 15) is 9.59 Å². The molecule has 3 N–H and O–H groups in total. The first-order chi connectivity index (χ1) is 13.4. The summed E-state index contributed by atoms with van der Waals surface area (Å²) in [7, 11) is 0. The molecule has 3 rings (SSSR count). The van der Waals surface area contributed by atoms with Crippen molar-refractivity contribution < 1.29 is 14.3 Å². The van der Waals surface area contributed by atoms with Crippen molar-refractivity contribution in [2.75, 3.05) is 36.5 Å². The van der Waals surface area contributed by atoms with E-state index >= 15 is 0 Å². The third-order valence-electron chi connectivity index (χ3n) is 4.37. The van der Waals surface area contributed by atoms with E-state index < -0.39 is 0 Å². The number of primary amides is 1. The van der Waals surface area contributed by atoms with Crippen LogP contribution in [0.2, 0.25) is 0 Å². The molecule has 1 atom stereocenters. The van der Waals surface area contributed by atoms with Gasteiger partial charge in [0.1, 0.15) is 0 Å². The van der Waals surface area contributed by atoms with Gasteiger partial charge in [-0.1, -0.05) is 11.8 Å². The zero-order valence-corrected chi connectivity index (χ0v) is 17.6. The normalized spacial score (nSPS) is 15.3. The zero-order valence-electron chi connectivity index (χ0n) is 15.9. The molecule has 1 aliphatic rings. The van der Waals surface area contributed by atoms with Crippen LogP contribution in [0.15, 0.2) is 28.6 Å². The minimum absolute atomic E-state index is 0.0894. The number of aromatic nitrogens is 1. The molecule has 0 saturated carbocycles. The molecule has 0 bridgehead atoms. The predicted octanol–water partition coefficient (Wildman–Crippen LogP) is 2.44. The second-order valence-electron chi connectivity index (χ2n) is 6.53. The number of amides is 2. The summed E-state index contributed by atoms with van der Waals surface area (Å²) in [6.45, 7) is 6.93. The van der Waals surface area contributed by atoms with E-state index in [-0.39, 0.29) is 23.5 Å². The largest absolute Gasteiger partial charge is 0.378 e. The topological polar surface area (TPSA) is 97.6 Å². The number of thioether (sulfide) groups is 1. The standard InChI is InChI=1S/C19H24N4O3S2/c1-12-16(11-17(20)24)28-19(21-12)27-13(2)18(25)22-14-3-5-15(6-4-14)23-7-9-26-10-8-23/h3-6,13H,7-11H2,1-2H3,(H2,20,24)(H,22,25). The first-order valence-electron chi connectivity index (χ1n) is 9.07. The Balaban J connectivity index is 1.56. The molecule has 1 aromatic heterocycles. The van der Waals surface area contributed by atoms with Crippen LogP contribution in [0, 0.1) is 6.92 Å². The number of carbonyl (C=O) groups is 2. The Morgan fingerprint density at radius 3 is 2.64 bits per heavy atom. The third-order valence-corrected chi connectivity index (χ3v) is 6.72. The molecule has 0 radical (unpaired) electrons. The van der Waals surface area contributed by atoms with Crippen LogP contribution in [0.5, 0.6) is 0 Å². The molecule has 0 spiro atoms. The van der Waals surface area contributed by atoms with Gasteiger partial charge in [-0.15, -0.1) is 11.3 Å². The number of benzene rings is 1. The number of nitrogens with zero attached hydrogens (tertiary/aromatic N) is 2. The summed E-state index contributed by atoms with van der Waals surface area (Å²) in [6.07, 6.45) is 0.181. The van der Waals surface area contributed by atoms with Crippen LogP contribution in [0.1, 0.15) is 17.5 Å². The van der Waals surface area contributed by atoms with Gasteiger partial charge in [-0.3, -0.25) is 9.59 Å². The highest BCUT2D eigenvalue weighted by Crippen LogP contribution is 2.31. The lowest BCUT2D eigenvalue weighted by molar-refractivity contribution is -0.117. The SMILES string of the molecule is Cc1nc(SC(C)C(=O)Nc2ccc(N3CCOCC3)cc2)sc1CC(N)=O. The maximum Gasteiger partial charge on any atom is 0.237 e. The van der Waals surface area contributed by atoms with Gasteiger partial charge in [-0.05, 0) is 38.1 Å². The Morgan fingerprint density at radius 1 is 1.32 bits per heavy atom. The highest BCUT2D eigenvalue weighted by Gasteiger charge is 2.19. The zero-order chi connectivity index (χ0) is 20.1. The van der Waals surface area contributed by atoms with Gasteiger partial charge in [-0.2, -0.15) is 0 Å². The van der Waals surface area contributed by atoms with Gasteiger partial charge in [0, 0.05) is 29.3 Å². The van der Waals surface area contributed by atoms with E-state index in [0.717, 1.165) is 52.6 Å². The number of nitrogens with one attached hydrogen (secondary N) is 1. The summed E-state index contributed by atoms with van der Waals surface area (Å²) in [5.41, 5.74) is 7.94. The van der Waals surface area contributed by atoms with Crippen molar-refractivity contribution in [1.82, 2.24) is 4.98 Å². The Morgan fingerprint density at radius 2 is 2.00 bits per heavy atom. The minimum Gasteiger partial charge on any atom is -0.378 e. The van der Waals surface area contributed by atoms with Crippen LogP contribution in [0.4, 0.5) is 11.4 Å². The summed E-state index contributed by atoms with van der Waals surface area (Å²) in [6, 6.07) is 7.86. The Kier molecular flexibility index (Phi) is 6.93. The van der Waals surface area contributed by atoms with Crippen molar-refractivity contribution >= 4 is 46.3 Å². The lowest BCUT2D eigenvalue weighted by Crippen LogP contribution is -2.36. The van der Waals surface area contributed by atoms with Gasteiger partial charge < -0.3 is 20.7 Å². The molecule has 1 unspecified atom stereocenters. The fourth-order valence-corrected chi connectivity index (χ4v) is 5.19. The summed E-state index contributed by atoms with van der Waals surface area (Å²) in [4.78, 5) is 31.2. The fraction of sp³-hybridized carbons (Fsp3) is 0.421. The molecule has 1 fully saturated rings. The molecule has 28 heavy (non-hydrogen) atoms. The second-order valence-corrected chi connectivity index (χ2v) is 9.20. The Hall–Kier alpha value is -2.10. The van der Waals surface area contributed by atoms with Crippen LogP contribution in [-0.4, -0.2) is 48.4 Å². The average molecular weight is 421 g/mol. The maximum atomic E-state index is 12.5. The van der Waals surface area contributed by atoms with Crippen molar-refractivity contribution in [2.45, 2.75) is 29.9 Å². The third kappa shape index (κ3) is 5.46. The molecule has 2 amide bonds. The van der Waals surface area contributed by atoms with Crippen molar-refractivity contribution in [3.05, 3.63) is 34.8 Å². The van der Waals surface area contributed by atoms with E-state index in [2.05, 4.69) is 15.2 Å². The first kappa shape index (κ1) is 20.6. The molecule has 2 heterocycles. The van der Waals surface area contributed by atoms with Crippen molar-refractivity contribution in [1.29, 1.82) is 0 Å². The lowest BCUT2D eigenvalue weighted by Gasteiger charge is -2.28. The number of hydrogen-bond donors (Lipinski definition) is 2. The molecule has 1 saturated heterocycles. The Bertz CT molecular complexity index is 832. The van der Waals surface area contributed by atoms with E-state index in [1.54, 1.807) is 0 Å². The molecule has 2 aromatic rings. The van der Waals surface area contributed by atoms with E-state index in [1.165, 1.54) is 23.1 Å². The molecule has 150 valence electrons. The van der Waals surface area contributed by atoms with E-state index in [4.69, 9.17) is 10.5 Å². The van der Waals surface area contributed by atoms with Crippen molar-refractivity contribution in [3.63, 3.8) is 0 Å². The predicted molar refractivity (Wildman–Crippen MR) is 113 cm³/mol. The van der Waals surface area contributed by atoms with Gasteiger partial charge in [0.05, 0.1) is 30.6 Å². The maximum absolute atomic E-state index is 12.5. The fourth-order valence-electron chi connectivity index (χ4n) is 2.80. The number of hydrogen-bond acceptors (Lipinski definition) is 7. The molecular formula is C19H24N4O3S2. The van der Waals surface area contributed by atoms with Crippen molar-refractivity contribution in [2.24, 2.45) is 5.73 Å². The smallest absolute Gasteiger partial charge is 0.237 e. The van der Waals surface area contributed by atoms with Gasteiger partial charge in [0.25, 0.3) is 0 Å². The number of nitrogens with two attached hydrogens (primary N) is 1. The van der Waals surface area contributed by atoms with Gasteiger partial charge >= 0.3 is 0 Å². The molecule has 0 aliphatic carbocycles. The second kappa shape index (κ2) is 9.40. The quantitative estimate of drug-likeness (QED) is 0.668. The molecular weight excluding hydrogens is 396 g/mol. The molecule has 1 aromatic carbocycles. The summed E-state index contributed by atoms with van der Waals surface area (Å²) in [5, 5.41) is 2.63. The number of aryl methyl sites for hydroxylation is 1. The van der Waals surface area contributed by atoms with E-state index in [1.807, 2.05) is 38.1 Å². The van der Waals surface area contributed by atoms with Crippen LogP contribution >= 0.6 is 23.1 Å².